The number of nitrogens with two attached hydrogens (primary N) is 1. The number of nitrogens with zero attached hydrogens (tertiary/aromatic N) is 1. The number of hydrogen-bond acceptors (Lipinski definition) is 6. The van der Waals surface area contributed by atoms with Gasteiger partial charge in [-0.1, -0.05) is 20.3 Å². The number of carboxylic acid groups (broad SMARTS) is 1. The first-order valence-corrected chi connectivity index (χ1v) is 11.0. The number of amides is 3. The molecule has 0 aromatic rings. The van der Waals surface area contributed by atoms with Crippen LogP contribution in [0.2, 0.25) is 0 Å². The van der Waals surface area contributed by atoms with Crippen LogP contribution >= 0.6 is 11.8 Å². The Bertz CT molecular complexity index is 574. The molecule has 0 radical (unpaired) electrons. The molecule has 9 nitrogen and oxygen atoms in total. The van der Waals surface area contributed by atoms with Crippen molar-refractivity contribution in [2.45, 2.75) is 57.7 Å². The van der Waals surface area contributed by atoms with Crippen molar-refractivity contribution in [1.29, 1.82) is 0 Å². The summed E-state index contributed by atoms with van der Waals surface area (Å²) in [5, 5.41) is 14.4. The first kappa shape index (κ1) is 24.2. The summed E-state index contributed by atoms with van der Waals surface area (Å²) < 4.78 is 0. The number of thioether (sulfide) groups is 1. The summed E-state index contributed by atoms with van der Waals surface area (Å²) in [7, 11) is 0. The highest BCUT2D eigenvalue weighted by molar-refractivity contribution is 7.98. The second kappa shape index (κ2) is 11.9. The standard InChI is InChI=1S/C18H32N4O5S/c1-4-11(2)15(19)16(24)20-10-14(23)21-12(7-9-28-3)17(25)22-8-5-6-13(22)18(26)27/h11-13,15H,4-10,19H2,1-3H3,(H,20,24)(H,21,23)(H,26,27). The number of carboxylic acids is 1. The van der Waals surface area contributed by atoms with Gasteiger partial charge in [0.1, 0.15) is 12.1 Å². The highest BCUT2D eigenvalue weighted by Crippen LogP contribution is 2.19. The normalized spacial score (nSPS) is 19.6. The Morgan fingerprint density at radius 1 is 1.32 bits per heavy atom. The first-order valence-electron chi connectivity index (χ1n) is 9.57. The largest absolute Gasteiger partial charge is 0.480 e. The number of carbonyl (C=O) groups excluding carboxylic acids is 3. The quantitative estimate of drug-likeness (QED) is 0.365. The van der Waals surface area contributed by atoms with E-state index in [4.69, 9.17) is 5.73 Å². The van der Waals surface area contributed by atoms with E-state index in [2.05, 4.69) is 10.6 Å². The van der Waals surface area contributed by atoms with E-state index in [1.807, 2.05) is 20.1 Å². The van der Waals surface area contributed by atoms with Crippen LogP contribution in [0.15, 0.2) is 0 Å². The molecule has 5 N–H and O–H groups in total. The molecule has 28 heavy (non-hydrogen) atoms. The molecule has 1 fully saturated rings. The van der Waals surface area contributed by atoms with Crippen molar-refractivity contribution in [2.24, 2.45) is 11.7 Å². The van der Waals surface area contributed by atoms with Crippen LogP contribution in [0, 0.1) is 5.92 Å². The third-order valence-electron chi connectivity index (χ3n) is 5.05. The highest BCUT2D eigenvalue weighted by Gasteiger charge is 2.37. The minimum Gasteiger partial charge on any atom is -0.480 e. The first-order chi connectivity index (χ1) is 13.2. The molecule has 4 atom stereocenters. The fraction of sp³-hybridized carbons (Fsp3) is 0.778. The van der Waals surface area contributed by atoms with Gasteiger partial charge in [-0.2, -0.15) is 11.8 Å². The Balaban J connectivity index is 2.67. The maximum Gasteiger partial charge on any atom is 0.326 e. The van der Waals surface area contributed by atoms with E-state index in [-0.39, 0.29) is 12.5 Å². The zero-order chi connectivity index (χ0) is 21.3. The van der Waals surface area contributed by atoms with Gasteiger partial charge in [0, 0.05) is 6.54 Å². The monoisotopic (exact) mass is 416 g/mol. The number of hydrogen-bond donors (Lipinski definition) is 4. The molecule has 1 aliphatic heterocycles. The smallest absolute Gasteiger partial charge is 0.326 e. The van der Waals surface area contributed by atoms with Crippen molar-refractivity contribution in [3.05, 3.63) is 0 Å². The highest BCUT2D eigenvalue weighted by atomic mass is 32.2. The van der Waals surface area contributed by atoms with E-state index in [9.17, 15) is 24.3 Å². The molecule has 160 valence electrons. The lowest BCUT2D eigenvalue weighted by atomic mass is 9.99. The fourth-order valence-electron chi connectivity index (χ4n) is 3.02. The van der Waals surface area contributed by atoms with Crippen LogP contribution in [-0.2, 0) is 19.2 Å². The van der Waals surface area contributed by atoms with Crippen molar-refractivity contribution in [3.63, 3.8) is 0 Å². The van der Waals surface area contributed by atoms with E-state index in [1.165, 1.54) is 16.7 Å². The van der Waals surface area contributed by atoms with Crippen molar-refractivity contribution in [2.75, 3.05) is 25.1 Å². The summed E-state index contributed by atoms with van der Waals surface area (Å²) >= 11 is 1.53. The number of likely N-dealkylation sites (tertiary alicyclic amines) is 1. The number of carbonyl (C=O) groups is 4. The van der Waals surface area contributed by atoms with Gasteiger partial charge in [-0.3, -0.25) is 14.4 Å². The molecule has 3 amide bonds. The molecule has 0 bridgehead atoms. The van der Waals surface area contributed by atoms with Crippen molar-refractivity contribution >= 4 is 35.5 Å². The van der Waals surface area contributed by atoms with E-state index in [0.717, 1.165) is 6.42 Å². The molecule has 4 unspecified atom stereocenters. The topological polar surface area (TPSA) is 142 Å². The van der Waals surface area contributed by atoms with Crippen LogP contribution in [0.25, 0.3) is 0 Å². The van der Waals surface area contributed by atoms with E-state index >= 15 is 0 Å². The SMILES string of the molecule is CCC(C)C(N)C(=O)NCC(=O)NC(CCSC)C(=O)N1CCCC1C(=O)O. The summed E-state index contributed by atoms with van der Waals surface area (Å²) in [6.45, 7) is 3.86. The Morgan fingerprint density at radius 3 is 2.57 bits per heavy atom. The average Bonchev–Trinajstić information content (AvgIpc) is 3.17. The molecular weight excluding hydrogens is 384 g/mol. The van der Waals surface area contributed by atoms with Gasteiger partial charge in [-0.25, -0.2) is 4.79 Å². The molecule has 0 aromatic heterocycles. The summed E-state index contributed by atoms with van der Waals surface area (Å²) in [5.41, 5.74) is 5.84. The van der Waals surface area contributed by atoms with Crippen LogP contribution in [0.5, 0.6) is 0 Å². The second-order valence-electron chi connectivity index (χ2n) is 7.06. The van der Waals surface area contributed by atoms with Gasteiger partial charge < -0.3 is 26.4 Å². The maximum atomic E-state index is 12.8. The van der Waals surface area contributed by atoms with E-state index in [0.29, 0.717) is 31.6 Å². The fourth-order valence-corrected chi connectivity index (χ4v) is 3.49. The van der Waals surface area contributed by atoms with Gasteiger partial charge in [0.15, 0.2) is 0 Å². The summed E-state index contributed by atoms with van der Waals surface area (Å²) in [6, 6.07) is -2.37. The van der Waals surface area contributed by atoms with Gasteiger partial charge in [-0.05, 0) is 37.2 Å². The zero-order valence-corrected chi connectivity index (χ0v) is 17.6. The molecule has 10 heteroatoms. The van der Waals surface area contributed by atoms with Crippen molar-refractivity contribution < 1.29 is 24.3 Å². The van der Waals surface area contributed by atoms with Crippen LogP contribution in [0.3, 0.4) is 0 Å². The van der Waals surface area contributed by atoms with Crippen LogP contribution in [0.4, 0.5) is 0 Å². The molecule has 0 spiro atoms. The molecule has 1 saturated heterocycles. The Morgan fingerprint density at radius 2 is 2.00 bits per heavy atom. The summed E-state index contributed by atoms with van der Waals surface area (Å²) in [4.78, 5) is 49.7. The molecule has 0 aliphatic carbocycles. The molecular formula is C18H32N4O5S. The van der Waals surface area contributed by atoms with Gasteiger partial charge in [-0.15, -0.1) is 0 Å². The number of aliphatic carboxylic acids is 1. The third kappa shape index (κ3) is 6.97. The van der Waals surface area contributed by atoms with Crippen LogP contribution in [-0.4, -0.2) is 76.9 Å². The predicted octanol–water partition coefficient (Wildman–Crippen LogP) is -0.210. The van der Waals surface area contributed by atoms with Crippen LogP contribution in [0.1, 0.15) is 39.5 Å². The minimum absolute atomic E-state index is 0.0120. The summed E-state index contributed by atoms with van der Waals surface area (Å²) in [6.07, 6.45) is 4.04. The lowest BCUT2D eigenvalue weighted by Crippen LogP contribution is -2.54. The molecule has 1 rings (SSSR count). The minimum atomic E-state index is -1.04. The van der Waals surface area contributed by atoms with Crippen molar-refractivity contribution in [3.8, 4) is 0 Å². The molecule has 0 aromatic carbocycles. The van der Waals surface area contributed by atoms with Gasteiger partial charge in [0.25, 0.3) is 0 Å². The van der Waals surface area contributed by atoms with Crippen molar-refractivity contribution in [1.82, 2.24) is 15.5 Å². The van der Waals surface area contributed by atoms with Gasteiger partial charge in [0.05, 0.1) is 12.6 Å². The Hall–Kier alpha value is -1.81. The lowest BCUT2D eigenvalue weighted by molar-refractivity contribution is -0.149. The lowest BCUT2D eigenvalue weighted by Gasteiger charge is -2.27. The number of nitrogens with one attached hydrogen (secondary N) is 2. The maximum absolute atomic E-state index is 12.8. The van der Waals surface area contributed by atoms with Crippen LogP contribution < -0.4 is 16.4 Å². The molecule has 1 heterocycles. The van der Waals surface area contributed by atoms with E-state index < -0.39 is 41.8 Å². The second-order valence-corrected chi connectivity index (χ2v) is 8.04. The van der Waals surface area contributed by atoms with Gasteiger partial charge >= 0.3 is 5.97 Å². The Kier molecular flexibility index (Phi) is 10.3. The summed E-state index contributed by atoms with van der Waals surface area (Å²) in [5.74, 6) is -1.73. The zero-order valence-electron chi connectivity index (χ0n) is 16.8. The average molecular weight is 417 g/mol. The molecule has 0 saturated carbocycles. The van der Waals surface area contributed by atoms with E-state index in [1.54, 1.807) is 0 Å². The van der Waals surface area contributed by atoms with Gasteiger partial charge in [0.2, 0.25) is 17.7 Å². The number of rotatable bonds is 11. The Labute approximate surface area is 170 Å². The molecule has 1 aliphatic rings. The predicted molar refractivity (Wildman–Crippen MR) is 108 cm³/mol. The third-order valence-corrected chi connectivity index (χ3v) is 5.69.